The van der Waals surface area contributed by atoms with Gasteiger partial charge in [0.15, 0.2) is 0 Å². The van der Waals surface area contributed by atoms with Gasteiger partial charge in [-0.05, 0) is 13.8 Å². The minimum absolute atomic E-state index is 0.0454. The molecule has 0 bridgehead atoms. The fraction of sp³-hybridized carbons (Fsp3) is 0.750. The highest BCUT2D eigenvalue weighted by Crippen LogP contribution is 2.17. The molecule has 106 valence electrons. The van der Waals surface area contributed by atoms with E-state index in [-0.39, 0.29) is 37.0 Å². The van der Waals surface area contributed by atoms with Gasteiger partial charge in [0.05, 0.1) is 13.1 Å². The van der Waals surface area contributed by atoms with E-state index in [0.717, 1.165) is 0 Å². The Hall–Kier alpha value is -1.79. The van der Waals surface area contributed by atoms with Crippen molar-refractivity contribution >= 4 is 17.8 Å². The average Bonchev–Trinajstić information content (AvgIpc) is 2.34. The zero-order chi connectivity index (χ0) is 14.2. The number of piperazine rings is 2. The number of nitrogens with zero attached hydrogens (tertiary/aromatic N) is 3. The van der Waals surface area contributed by atoms with Crippen LogP contribution in [0.2, 0.25) is 0 Å². The van der Waals surface area contributed by atoms with Crippen molar-refractivity contribution in [3.63, 3.8) is 0 Å². The van der Waals surface area contributed by atoms with Crippen molar-refractivity contribution in [3.8, 4) is 0 Å². The molecule has 2 fully saturated rings. The zero-order valence-electron chi connectivity index (χ0n) is 11.5. The molecule has 2 heterocycles. The Morgan fingerprint density at radius 1 is 1.32 bits per heavy atom. The van der Waals surface area contributed by atoms with Crippen LogP contribution in [0.3, 0.4) is 0 Å². The minimum Gasteiger partial charge on any atom is -0.336 e. The third-order valence-electron chi connectivity index (χ3n) is 3.43. The Labute approximate surface area is 112 Å². The van der Waals surface area contributed by atoms with Gasteiger partial charge in [-0.2, -0.15) is 0 Å². The fourth-order valence-electron chi connectivity index (χ4n) is 2.44. The lowest BCUT2D eigenvalue weighted by atomic mass is 10.1. The molecule has 19 heavy (non-hydrogen) atoms. The standard InChI is InChI=1S/C12H20N4O3/c1-8(2)13-12(19)15-4-5-16-9(6-15)11(18)14(3)7-10(16)17/h8-9H,4-7H2,1-3H3,(H,13,19)/t9-/m0/s1. The van der Waals surface area contributed by atoms with Gasteiger partial charge in [0, 0.05) is 26.2 Å². The molecule has 2 rings (SSSR count). The van der Waals surface area contributed by atoms with E-state index in [2.05, 4.69) is 5.32 Å². The van der Waals surface area contributed by atoms with E-state index in [4.69, 9.17) is 0 Å². The van der Waals surface area contributed by atoms with Gasteiger partial charge in [-0.1, -0.05) is 0 Å². The number of fused-ring (bicyclic) bond motifs is 1. The zero-order valence-corrected chi connectivity index (χ0v) is 11.5. The van der Waals surface area contributed by atoms with Crippen molar-refractivity contribution in [2.75, 3.05) is 33.2 Å². The summed E-state index contributed by atoms with van der Waals surface area (Å²) in [5.74, 6) is -0.141. The summed E-state index contributed by atoms with van der Waals surface area (Å²) in [5, 5.41) is 2.80. The average molecular weight is 268 g/mol. The van der Waals surface area contributed by atoms with Crippen LogP contribution in [0.4, 0.5) is 4.79 Å². The first-order valence-electron chi connectivity index (χ1n) is 6.50. The van der Waals surface area contributed by atoms with Gasteiger partial charge in [-0.25, -0.2) is 4.79 Å². The second kappa shape index (κ2) is 5.07. The topological polar surface area (TPSA) is 73.0 Å². The van der Waals surface area contributed by atoms with Crippen molar-refractivity contribution in [1.29, 1.82) is 0 Å². The molecule has 0 spiro atoms. The monoisotopic (exact) mass is 268 g/mol. The molecule has 0 aromatic rings. The molecule has 1 N–H and O–H groups in total. The molecule has 1 atom stereocenters. The molecular formula is C12H20N4O3. The van der Waals surface area contributed by atoms with E-state index < -0.39 is 6.04 Å². The van der Waals surface area contributed by atoms with Crippen LogP contribution in [0.1, 0.15) is 13.8 Å². The van der Waals surface area contributed by atoms with Crippen molar-refractivity contribution in [1.82, 2.24) is 20.0 Å². The number of likely N-dealkylation sites (N-methyl/N-ethyl adjacent to an activating group) is 1. The first kappa shape index (κ1) is 13.6. The van der Waals surface area contributed by atoms with Gasteiger partial charge in [0.2, 0.25) is 11.8 Å². The Morgan fingerprint density at radius 3 is 2.63 bits per heavy atom. The van der Waals surface area contributed by atoms with Crippen LogP contribution in [-0.2, 0) is 9.59 Å². The maximum Gasteiger partial charge on any atom is 0.317 e. The van der Waals surface area contributed by atoms with Crippen LogP contribution in [0.25, 0.3) is 0 Å². The summed E-state index contributed by atoms with van der Waals surface area (Å²) < 4.78 is 0. The van der Waals surface area contributed by atoms with E-state index in [0.29, 0.717) is 13.1 Å². The number of urea groups is 1. The van der Waals surface area contributed by atoms with Crippen LogP contribution < -0.4 is 5.32 Å². The van der Waals surface area contributed by atoms with Gasteiger partial charge >= 0.3 is 6.03 Å². The summed E-state index contributed by atoms with van der Waals surface area (Å²) in [6.45, 7) is 5.07. The van der Waals surface area contributed by atoms with Crippen LogP contribution in [0.15, 0.2) is 0 Å². The third kappa shape index (κ3) is 2.64. The first-order chi connectivity index (χ1) is 8.90. The number of carbonyl (C=O) groups is 3. The van der Waals surface area contributed by atoms with Gasteiger partial charge < -0.3 is 20.0 Å². The number of hydrogen-bond donors (Lipinski definition) is 1. The lowest BCUT2D eigenvalue weighted by molar-refractivity contribution is -0.157. The minimum atomic E-state index is -0.530. The number of hydrogen-bond acceptors (Lipinski definition) is 3. The Bertz CT molecular complexity index is 410. The number of nitrogens with one attached hydrogen (secondary N) is 1. The molecule has 2 saturated heterocycles. The second-order valence-corrected chi connectivity index (χ2v) is 5.35. The number of carbonyl (C=O) groups excluding carboxylic acids is 3. The third-order valence-corrected chi connectivity index (χ3v) is 3.43. The molecule has 0 aliphatic carbocycles. The molecule has 4 amide bonds. The molecule has 0 aromatic carbocycles. The van der Waals surface area contributed by atoms with Crippen molar-refractivity contribution in [3.05, 3.63) is 0 Å². The van der Waals surface area contributed by atoms with E-state index in [9.17, 15) is 14.4 Å². The highest BCUT2D eigenvalue weighted by atomic mass is 16.2. The second-order valence-electron chi connectivity index (χ2n) is 5.35. The summed E-state index contributed by atoms with van der Waals surface area (Å²) >= 11 is 0. The first-order valence-corrected chi connectivity index (χ1v) is 6.50. The van der Waals surface area contributed by atoms with E-state index in [1.54, 1.807) is 16.8 Å². The van der Waals surface area contributed by atoms with Crippen molar-refractivity contribution < 1.29 is 14.4 Å². The lowest BCUT2D eigenvalue weighted by Crippen LogP contribution is -2.67. The quantitative estimate of drug-likeness (QED) is 0.669. The Morgan fingerprint density at radius 2 is 2.00 bits per heavy atom. The van der Waals surface area contributed by atoms with E-state index >= 15 is 0 Å². The molecule has 7 heteroatoms. The predicted octanol–water partition coefficient (Wildman–Crippen LogP) is -0.911. The summed E-state index contributed by atoms with van der Waals surface area (Å²) in [7, 11) is 1.62. The van der Waals surface area contributed by atoms with E-state index in [1.807, 2.05) is 13.8 Å². The largest absolute Gasteiger partial charge is 0.336 e. The molecule has 0 unspecified atom stereocenters. The fourth-order valence-corrected chi connectivity index (χ4v) is 2.44. The van der Waals surface area contributed by atoms with Gasteiger partial charge in [0.1, 0.15) is 6.04 Å². The number of rotatable bonds is 1. The summed E-state index contributed by atoms with van der Waals surface area (Å²) in [6.07, 6.45) is 0. The van der Waals surface area contributed by atoms with Gasteiger partial charge in [-0.3, -0.25) is 9.59 Å². The van der Waals surface area contributed by atoms with Crippen LogP contribution >= 0.6 is 0 Å². The molecule has 2 aliphatic heterocycles. The number of amides is 4. The molecule has 0 radical (unpaired) electrons. The van der Waals surface area contributed by atoms with Gasteiger partial charge in [-0.15, -0.1) is 0 Å². The molecule has 0 aromatic heterocycles. The van der Waals surface area contributed by atoms with Crippen LogP contribution in [0.5, 0.6) is 0 Å². The van der Waals surface area contributed by atoms with E-state index in [1.165, 1.54) is 4.90 Å². The highest BCUT2D eigenvalue weighted by Gasteiger charge is 2.42. The van der Waals surface area contributed by atoms with Crippen molar-refractivity contribution in [2.24, 2.45) is 0 Å². The van der Waals surface area contributed by atoms with Crippen LogP contribution in [-0.4, -0.2) is 77.9 Å². The highest BCUT2D eigenvalue weighted by molar-refractivity contribution is 5.95. The van der Waals surface area contributed by atoms with Crippen LogP contribution in [0, 0.1) is 0 Å². The molecule has 7 nitrogen and oxygen atoms in total. The maximum absolute atomic E-state index is 12.1. The lowest BCUT2D eigenvalue weighted by Gasteiger charge is -2.45. The Balaban J connectivity index is 2.06. The van der Waals surface area contributed by atoms with Gasteiger partial charge in [0.25, 0.3) is 0 Å². The summed E-state index contributed by atoms with van der Waals surface area (Å²) in [5.41, 5.74) is 0. The summed E-state index contributed by atoms with van der Waals surface area (Å²) in [4.78, 5) is 40.5. The normalized spacial score (nSPS) is 23.8. The predicted molar refractivity (Wildman–Crippen MR) is 68.4 cm³/mol. The smallest absolute Gasteiger partial charge is 0.317 e. The SMILES string of the molecule is CC(C)NC(=O)N1CCN2C(=O)CN(C)C(=O)[C@@H]2C1. The molecular weight excluding hydrogens is 248 g/mol. The Kier molecular flexibility index (Phi) is 3.64. The van der Waals surface area contributed by atoms with Crippen molar-refractivity contribution in [2.45, 2.75) is 25.9 Å². The maximum atomic E-state index is 12.1. The molecule has 0 saturated carbocycles. The summed E-state index contributed by atoms with van der Waals surface area (Å²) in [6, 6.07) is -0.655. The molecule has 2 aliphatic rings.